The second-order valence-corrected chi connectivity index (χ2v) is 15.6. The van der Waals surface area contributed by atoms with E-state index in [0.29, 0.717) is 0 Å². The first-order valence-corrected chi connectivity index (χ1v) is 19.3. The minimum absolute atomic E-state index is 0.222. The van der Waals surface area contributed by atoms with Gasteiger partial charge in [-0.2, -0.15) is 0 Å². The van der Waals surface area contributed by atoms with Crippen LogP contribution < -0.4 is 5.32 Å². The summed E-state index contributed by atoms with van der Waals surface area (Å²) in [5.74, 6) is 0.517. The molecule has 9 aromatic rings. The number of allylic oxidation sites excluding steroid dienone is 5. The van der Waals surface area contributed by atoms with Gasteiger partial charge in [-0.3, -0.25) is 0 Å². The molecular weight excluding hydrogens is 663 g/mol. The van der Waals surface area contributed by atoms with Gasteiger partial charge in [0.1, 0.15) is 5.37 Å². The maximum absolute atomic E-state index is 3.92. The molecule has 2 aromatic heterocycles. The molecule has 1 aliphatic heterocycles. The lowest BCUT2D eigenvalue weighted by atomic mass is 9.76. The molecule has 0 bridgehead atoms. The van der Waals surface area contributed by atoms with Gasteiger partial charge in [-0.1, -0.05) is 139 Å². The van der Waals surface area contributed by atoms with Crippen molar-refractivity contribution in [2.24, 2.45) is 5.92 Å². The minimum Gasteiger partial charge on any atom is -0.368 e. The Bertz CT molecular complexity index is 3070. The van der Waals surface area contributed by atoms with Crippen molar-refractivity contribution in [3.63, 3.8) is 0 Å². The minimum atomic E-state index is 0.222. The van der Waals surface area contributed by atoms with E-state index in [2.05, 4.69) is 190 Å². The standard InChI is InChI=1S/C49H33N3S/c1-3-12-32(13-4-1)49-50-48-45(53-49)26-22-31-19-20-33-27-35(23-24-37(33)46(31)48)52-41-18-10-9-17-38(41)39-28-40-44(29-43(39)52)51(34-14-5-2-6-15-34)42-25-21-30-11-7-8-16-36(30)47(40)42/h1-29,33,37,49-50H. The molecule has 3 atom stereocenters. The van der Waals surface area contributed by atoms with Gasteiger partial charge in [0, 0.05) is 49.7 Å². The Labute approximate surface area is 311 Å². The van der Waals surface area contributed by atoms with E-state index in [1.165, 1.54) is 93.0 Å². The molecule has 1 N–H and O–H groups in total. The Morgan fingerprint density at radius 3 is 2.21 bits per heavy atom. The first kappa shape index (κ1) is 29.4. The average Bonchev–Trinajstić information content (AvgIpc) is 3.90. The van der Waals surface area contributed by atoms with Crippen molar-refractivity contribution in [1.29, 1.82) is 0 Å². The van der Waals surface area contributed by atoms with Crippen LogP contribution in [-0.2, 0) is 0 Å². The van der Waals surface area contributed by atoms with Crippen LogP contribution in [0.4, 0.5) is 5.69 Å². The molecule has 0 saturated carbocycles. The number of hydrogen-bond acceptors (Lipinski definition) is 2. The summed E-state index contributed by atoms with van der Waals surface area (Å²) in [7, 11) is 0. The highest BCUT2D eigenvalue weighted by Gasteiger charge is 2.34. The number of para-hydroxylation sites is 2. The van der Waals surface area contributed by atoms with Gasteiger partial charge in [0.05, 0.1) is 27.8 Å². The monoisotopic (exact) mass is 695 g/mol. The number of rotatable bonds is 3. The summed E-state index contributed by atoms with van der Waals surface area (Å²) in [4.78, 5) is 1.34. The Morgan fingerprint density at radius 1 is 0.547 bits per heavy atom. The summed E-state index contributed by atoms with van der Waals surface area (Å²) in [6.07, 6.45) is 12.1. The molecule has 0 amide bonds. The number of fused-ring (bicyclic) bond motifs is 13. The van der Waals surface area contributed by atoms with Gasteiger partial charge in [-0.05, 0) is 76.0 Å². The van der Waals surface area contributed by atoms with Gasteiger partial charge >= 0.3 is 0 Å². The topological polar surface area (TPSA) is 21.9 Å². The van der Waals surface area contributed by atoms with Crippen molar-refractivity contribution >= 4 is 83.6 Å². The van der Waals surface area contributed by atoms with Gasteiger partial charge in [0.15, 0.2) is 0 Å². The lowest BCUT2D eigenvalue weighted by Crippen LogP contribution is -2.17. The van der Waals surface area contributed by atoms with Crippen LogP contribution in [0.2, 0.25) is 0 Å². The van der Waals surface area contributed by atoms with E-state index >= 15 is 0 Å². The summed E-state index contributed by atoms with van der Waals surface area (Å²) in [6.45, 7) is 0. The van der Waals surface area contributed by atoms with Crippen molar-refractivity contribution in [2.45, 2.75) is 16.2 Å². The molecule has 3 heterocycles. The van der Waals surface area contributed by atoms with Crippen molar-refractivity contribution < 1.29 is 0 Å². The largest absolute Gasteiger partial charge is 0.368 e. The molecule has 0 radical (unpaired) electrons. The summed E-state index contributed by atoms with van der Waals surface area (Å²) < 4.78 is 4.95. The zero-order valence-electron chi connectivity index (χ0n) is 28.8. The van der Waals surface area contributed by atoms with E-state index in [4.69, 9.17) is 0 Å². The third kappa shape index (κ3) is 4.24. The van der Waals surface area contributed by atoms with Crippen LogP contribution in [0, 0.1) is 5.92 Å². The summed E-state index contributed by atoms with van der Waals surface area (Å²) in [5.41, 5.74) is 12.6. The molecular formula is C49H33N3S. The number of nitrogens with one attached hydrogen (secondary N) is 1. The lowest BCUT2D eigenvalue weighted by Gasteiger charge is -2.31. The zero-order valence-corrected chi connectivity index (χ0v) is 29.6. The Morgan fingerprint density at radius 2 is 1.32 bits per heavy atom. The molecule has 2 aliphatic carbocycles. The van der Waals surface area contributed by atoms with Crippen LogP contribution >= 0.6 is 11.8 Å². The van der Waals surface area contributed by atoms with Gasteiger partial charge in [-0.15, -0.1) is 0 Å². The van der Waals surface area contributed by atoms with Crippen molar-refractivity contribution in [1.82, 2.24) is 9.13 Å². The van der Waals surface area contributed by atoms with Crippen LogP contribution in [0.1, 0.15) is 28.0 Å². The first-order chi connectivity index (χ1) is 26.3. The summed E-state index contributed by atoms with van der Waals surface area (Å²) >= 11 is 1.92. The Kier molecular flexibility index (Phi) is 6.17. The first-order valence-electron chi connectivity index (χ1n) is 18.5. The lowest BCUT2D eigenvalue weighted by molar-refractivity contribution is 0.691. The highest BCUT2D eigenvalue weighted by atomic mass is 32.2. The van der Waals surface area contributed by atoms with Crippen LogP contribution in [0.5, 0.6) is 0 Å². The predicted molar refractivity (Wildman–Crippen MR) is 225 cm³/mol. The van der Waals surface area contributed by atoms with Crippen molar-refractivity contribution in [3.05, 3.63) is 187 Å². The SMILES string of the molecule is C1=CC2c3c(ccc4c3NC(c3ccccc3)S4)C=CC2C=C1n1c2ccccc2c2cc3c4c5ccccc5ccc4n(-c4ccccc4)c3cc21. The van der Waals surface area contributed by atoms with E-state index in [1.54, 1.807) is 0 Å². The molecule has 4 heteroatoms. The number of aromatic nitrogens is 2. The van der Waals surface area contributed by atoms with E-state index < -0.39 is 0 Å². The molecule has 0 saturated heterocycles. The van der Waals surface area contributed by atoms with Crippen LogP contribution in [0.3, 0.4) is 0 Å². The van der Waals surface area contributed by atoms with E-state index in [9.17, 15) is 0 Å². The number of nitrogens with zero attached hydrogens (tertiary/aromatic N) is 2. The maximum atomic E-state index is 3.92. The highest BCUT2D eigenvalue weighted by Crippen LogP contribution is 2.54. The number of thioether (sulfide) groups is 1. The molecule has 3 aliphatic rings. The third-order valence-corrected chi connectivity index (χ3v) is 12.9. The molecule has 0 fully saturated rings. The van der Waals surface area contributed by atoms with Crippen molar-refractivity contribution in [2.75, 3.05) is 5.32 Å². The predicted octanol–water partition coefficient (Wildman–Crippen LogP) is 13.1. The number of hydrogen-bond donors (Lipinski definition) is 1. The maximum Gasteiger partial charge on any atom is 0.103 e. The van der Waals surface area contributed by atoms with E-state index in [-0.39, 0.29) is 17.2 Å². The molecule has 3 nitrogen and oxygen atoms in total. The van der Waals surface area contributed by atoms with Crippen LogP contribution in [0.25, 0.3) is 71.8 Å². The van der Waals surface area contributed by atoms with E-state index in [0.717, 1.165) is 0 Å². The van der Waals surface area contributed by atoms with Gasteiger partial charge in [0.2, 0.25) is 0 Å². The number of benzene rings is 7. The Hall–Kier alpha value is -6.23. The second kappa shape index (κ2) is 11.1. The quantitative estimate of drug-likeness (QED) is 0.199. The molecule has 0 spiro atoms. The van der Waals surface area contributed by atoms with Crippen molar-refractivity contribution in [3.8, 4) is 5.69 Å². The third-order valence-electron chi connectivity index (χ3n) is 11.7. The van der Waals surface area contributed by atoms with Gasteiger partial charge in [0.25, 0.3) is 0 Å². The fourth-order valence-corrected chi connectivity index (χ4v) is 10.5. The number of anilines is 1. The fourth-order valence-electron chi connectivity index (χ4n) is 9.33. The molecule has 53 heavy (non-hydrogen) atoms. The normalized spacial score (nSPS) is 18.8. The molecule has 7 aromatic carbocycles. The molecule has 250 valence electrons. The zero-order chi connectivity index (χ0) is 34.6. The highest BCUT2D eigenvalue weighted by molar-refractivity contribution is 8.00. The van der Waals surface area contributed by atoms with Crippen LogP contribution in [0.15, 0.2) is 175 Å². The second-order valence-electron chi connectivity index (χ2n) is 14.5. The van der Waals surface area contributed by atoms with Gasteiger partial charge < -0.3 is 14.5 Å². The van der Waals surface area contributed by atoms with E-state index in [1.807, 2.05) is 11.8 Å². The molecule has 3 unspecified atom stereocenters. The average molecular weight is 696 g/mol. The smallest absolute Gasteiger partial charge is 0.103 e. The summed E-state index contributed by atoms with van der Waals surface area (Å²) in [5, 5.41) is 11.8. The van der Waals surface area contributed by atoms with Crippen LogP contribution in [-0.4, -0.2) is 9.13 Å². The fraction of sp³-hybridized carbons (Fsp3) is 0.0612. The van der Waals surface area contributed by atoms with Gasteiger partial charge in [-0.25, -0.2) is 0 Å². The summed E-state index contributed by atoms with van der Waals surface area (Å²) in [6, 6.07) is 53.4. The molecule has 12 rings (SSSR count). The Balaban J connectivity index is 1.05.